The van der Waals surface area contributed by atoms with Gasteiger partial charge in [0, 0.05) is 31.6 Å². The van der Waals surface area contributed by atoms with E-state index in [-0.39, 0.29) is 0 Å². The number of nitrogens with zero attached hydrogens (tertiary/aromatic N) is 4. The molecule has 1 aromatic carbocycles. The molecule has 1 aliphatic rings. The minimum Gasteiger partial charge on any atom is -0.363 e. The summed E-state index contributed by atoms with van der Waals surface area (Å²) in [6.45, 7) is 5.87. The maximum atomic E-state index is 9.33. The van der Waals surface area contributed by atoms with E-state index in [0.717, 1.165) is 30.2 Å². The Hall–Kier alpha value is -1.99. The van der Waals surface area contributed by atoms with Crippen molar-refractivity contribution in [3.63, 3.8) is 0 Å². The first-order valence-corrected chi connectivity index (χ1v) is 7.88. The lowest BCUT2D eigenvalue weighted by atomic mass is 10.1. The number of hydrogen-bond donors (Lipinski definition) is 0. The Kier molecular flexibility index (Phi) is 3.84. The first-order chi connectivity index (χ1) is 10.5. The van der Waals surface area contributed by atoms with Crippen LogP contribution in [0, 0.1) is 11.3 Å². The number of para-hydroxylation sites is 1. The summed E-state index contributed by atoms with van der Waals surface area (Å²) >= 11 is 6.34. The van der Waals surface area contributed by atoms with Gasteiger partial charge in [-0.1, -0.05) is 31.5 Å². The third-order valence-electron chi connectivity index (χ3n) is 4.23. The Morgan fingerprint density at radius 2 is 2.14 bits per heavy atom. The van der Waals surface area contributed by atoms with Crippen LogP contribution in [-0.4, -0.2) is 16.1 Å². The maximum Gasteiger partial charge on any atom is 0.111 e. The van der Waals surface area contributed by atoms with E-state index in [1.54, 1.807) is 0 Å². The number of hydrogen-bond acceptors (Lipinski definition) is 3. The van der Waals surface area contributed by atoms with E-state index in [1.807, 2.05) is 18.2 Å². The monoisotopic (exact) mass is 314 g/mol. The van der Waals surface area contributed by atoms with Crippen molar-refractivity contribution >= 4 is 17.3 Å². The fourth-order valence-electron chi connectivity index (χ4n) is 3.18. The van der Waals surface area contributed by atoms with Crippen molar-refractivity contribution in [2.24, 2.45) is 7.05 Å². The molecule has 0 fully saturated rings. The zero-order valence-corrected chi connectivity index (χ0v) is 13.9. The number of fused-ring (bicyclic) bond motifs is 1. The summed E-state index contributed by atoms with van der Waals surface area (Å²) in [5.41, 5.74) is 3.84. The molecular formula is C17H19ClN4. The lowest BCUT2D eigenvalue weighted by Crippen LogP contribution is -2.31. The van der Waals surface area contributed by atoms with Gasteiger partial charge in [0.2, 0.25) is 0 Å². The molecule has 22 heavy (non-hydrogen) atoms. The Bertz CT molecular complexity index is 755. The SMILES string of the molecule is CC(C)c1nc2c(n1C)CCN(c1c(Cl)cccc1C#N)C2. The lowest BCUT2D eigenvalue weighted by molar-refractivity contribution is 0.662. The highest BCUT2D eigenvalue weighted by atomic mass is 35.5. The molecule has 0 N–H and O–H groups in total. The van der Waals surface area contributed by atoms with Gasteiger partial charge in [-0.15, -0.1) is 0 Å². The highest BCUT2D eigenvalue weighted by molar-refractivity contribution is 6.33. The van der Waals surface area contributed by atoms with Gasteiger partial charge in [0.05, 0.1) is 28.5 Å². The topological polar surface area (TPSA) is 44.9 Å². The smallest absolute Gasteiger partial charge is 0.111 e. The highest BCUT2D eigenvalue weighted by Crippen LogP contribution is 2.33. The maximum absolute atomic E-state index is 9.33. The first-order valence-electron chi connectivity index (χ1n) is 7.50. The third-order valence-corrected chi connectivity index (χ3v) is 4.54. The van der Waals surface area contributed by atoms with Gasteiger partial charge in [-0.25, -0.2) is 4.98 Å². The Morgan fingerprint density at radius 1 is 1.36 bits per heavy atom. The van der Waals surface area contributed by atoms with Crippen molar-refractivity contribution in [2.45, 2.75) is 32.7 Å². The molecule has 0 radical (unpaired) electrons. The molecule has 114 valence electrons. The summed E-state index contributed by atoms with van der Waals surface area (Å²) in [7, 11) is 2.09. The number of nitriles is 1. The van der Waals surface area contributed by atoms with Crippen LogP contribution in [-0.2, 0) is 20.0 Å². The molecule has 2 aromatic rings. The molecule has 2 heterocycles. The van der Waals surface area contributed by atoms with Crippen LogP contribution in [0.4, 0.5) is 5.69 Å². The predicted molar refractivity (Wildman–Crippen MR) is 88.2 cm³/mol. The van der Waals surface area contributed by atoms with Crippen LogP contribution in [0.1, 0.15) is 42.5 Å². The van der Waals surface area contributed by atoms with E-state index in [1.165, 1.54) is 5.69 Å². The largest absolute Gasteiger partial charge is 0.363 e. The summed E-state index contributed by atoms with van der Waals surface area (Å²) in [6.07, 6.45) is 0.918. The minimum atomic E-state index is 0.402. The van der Waals surface area contributed by atoms with Gasteiger partial charge in [-0.2, -0.15) is 5.26 Å². The number of anilines is 1. The van der Waals surface area contributed by atoms with E-state index >= 15 is 0 Å². The second kappa shape index (κ2) is 5.66. The molecule has 1 aromatic heterocycles. The normalized spacial score (nSPS) is 14.1. The molecule has 0 spiro atoms. The molecule has 0 saturated heterocycles. The van der Waals surface area contributed by atoms with E-state index in [4.69, 9.17) is 16.6 Å². The first kappa shape index (κ1) is 14.9. The van der Waals surface area contributed by atoms with E-state index in [2.05, 4.69) is 36.4 Å². The Balaban J connectivity index is 1.99. The van der Waals surface area contributed by atoms with Crippen LogP contribution < -0.4 is 4.90 Å². The summed E-state index contributed by atoms with van der Waals surface area (Å²) in [5.74, 6) is 1.52. The quantitative estimate of drug-likeness (QED) is 0.850. The van der Waals surface area contributed by atoms with Crippen molar-refractivity contribution in [3.05, 3.63) is 46.0 Å². The van der Waals surface area contributed by atoms with Crippen molar-refractivity contribution in [2.75, 3.05) is 11.4 Å². The third kappa shape index (κ3) is 2.36. The van der Waals surface area contributed by atoms with Crippen LogP contribution in [0.2, 0.25) is 5.02 Å². The molecule has 3 rings (SSSR count). The summed E-state index contributed by atoms with van der Waals surface area (Å²) in [5, 5.41) is 9.96. The summed E-state index contributed by atoms with van der Waals surface area (Å²) in [6, 6.07) is 7.71. The molecule has 0 amide bonds. The van der Waals surface area contributed by atoms with Gasteiger partial charge in [0.25, 0.3) is 0 Å². The molecular weight excluding hydrogens is 296 g/mol. The highest BCUT2D eigenvalue weighted by Gasteiger charge is 2.26. The van der Waals surface area contributed by atoms with Gasteiger partial charge >= 0.3 is 0 Å². The second-order valence-corrected chi connectivity index (χ2v) is 6.40. The van der Waals surface area contributed by atoms with E-state index in [0.29, 0.717) is 23.0 Å². The zero-order valence-electron chi connectivity index (χ0n) is 13.1. The number of aromatic nitrogens is 2. The Labute approximate surface area is 135 Å². The van der Waals surface area contributed by atoms with Crippen LogP contribution in [0.25, 0.3) is 0 Å². The van der Waals surface area contributed by atoms with Crippen LogP contribution in [0.5, 0.6) is 0 Å². The van der Waals surface area contributed by atoms with E-state index < -0.39 is 0 Å². The molecule has 0 bridgehead atoms. The Morgan fingerprint density at radius 3 is 2.82 bits per heavy atom. The van der Waals surface area contributed by atoms with Gasteiger partial charge in [-0.05, 0) is 12.1 Å². The van der Waals surface area contributed by atoms with Crippen molar-refractivity contribution < 1.29 is 0 Å². The van der Waals surface area contributed by atoms with Crippen molar-refractivity contribution in [3.8, 4) is 6.07 Å². The number of rotatable bonds is 2. The summed E-state index contributed by atoms with van der Waals surface area (Å²) in [4.78, 5) is 6.97. The van der Waals surface area contributed by atoms with E-state index in [9.17, 15) is 5.26 Å². The molecule has 0 atom stereocenters. The molecule has 0 unspecified atom stereocenters. The molecule has 4 nitrogen and oxygen atoms in total. The van der Waals surface area contributed by atoms with Gasteiger partial charge in [0.15, 0.2) is 0 Å². The van der Waals surface area contributed by atoms with Crippen LogP contribution >= 0.6 is 11.6 Å². The number of imidazole rings is 1. The average Bonchev–Trinajstić information content (AvgIpc) is 2.83. The van der Waals surface area contributed by atoms with Crippen LogP contribution in [0.3, 0.4) is 0 Å². The predicted octanol–water partition coefficient (Wildman–Crippen LogP) is 3.63. The fraction of sp³-hybridized carbons (Fsp3) is 0.412. The van der Waals surface area contributed by atoms with Gasteiger partial charge in [-0.3, -0.25) is 0 Å². The van der Waals surface area contributed by atoms with Crippen LogP contribution in [0.15, 0.2) is 18.2 Å². The molecule has 5 heteroatoms. The number of benzene rings is 1. The molecule has 0 saturated carbocycles. The fourth-order valence-corrected chi connectivity index (χ4v) is 3.48. The van der Waals surface area contributed by atoms with Crippen molar-refractivity contribution in [1.29, 1.82) is 5.26 Å². The zero-order chi connectivity index (χ0) is 15.9. The molecule has 1 aliphatic heterocycles. The van der Waals surface area contributed by atoms with Gasteiger partial charge in [0.1, 0.15) is 11.9 Å². The van der Waals surface area contributed by atoms with Gasteiger partial charge < -0.3 is 9.47 Å². The minimum absolute atomic E-state index is 0.402. The number of halogens is 1. The lowest BCUT2D eigenvalue weighted by Gasteiger charge is -2.30. The molecule has 0 aliphatic carbocycles. The van der Waals surface area contributed by atoms with Crippen molar-refractivity contribution in [1.82, 2.24) is 9.55 Å². The summed E-state index contributed by atoms with van der Waals surface area (Å²) < 4.78 is 2.22. The standard InChI is InChI=1S/C17H19ClN4/c1-11(2)17-20-14-10-22(8-7-15(14)21(17)3)16-12(9-19)5-4-6-13(16)18/h4-6,11H,7-8,10H2,1-3H3. The second-order valence-electron chi connectivity index (χ2n) is 6.00. The average molecular weight is 315 g/mol.